The Morgan fingerprint density at radius 3 is 1.78 bits per heavy atom. The average Bonchev–Trinajstić information content (AvgIpc) is 2.32. The number of aromatic hydroxyl groups is 1. The lowest BCUT2D eigenvalue weighted by atomic mass is 10.1. The molecule has 0 fully saturated rings. The zero-order valence-corrected chi connectivity index (χ0v) is 9.29. The minimum Gasteiger partial charge on any atom is -0.504 e. The minimum absolute atomic E-state index is 1.04. The van der Waals surface area contributed by atoms with Crippen LogP contribution < -0.4 is 0 Å². The molecule has 0 heterocycles. The second kappa shape index (κ2) is 4.91. The highest BCUT2D eigenvalue weighted by Crippen LogP contribution is 2.37. The van der Waals surface area contributed by atoms with E-state index in [4.69, 9.17) is 5.11 Å². The predicted octanol–water partition coefficient (Wildman–Crippen LogP) is 4.21. The Labute approximate surface area is 98.4 Å². The third kappa shape index (κ3) is 2.16. The van der Waals surface area contributed by atoms with Gasteiger partial charge in [-0.3, -0.25) is 0 Å². The van der Waals surface area contributed by atoms with Gasteiger partial charge in [0.15, 0.2) is 23.2 Å². The number of hydrogen-bond donors (Lipinski definition) is 1. The standard InChI is InChI=1S/C11H8F6O/c1-3(2)5(12)6(13)4-7(14)8(15)9(16)10(17)11(4)18/h3,18H,1-2H3. The summed E-state index contributed by atoms with van der Waals surface area (Å²) in [6.07, 6.45) is 0. The van der Waals surface area contributed by atoms with Crippen molar-refractivity contribution >= 4 is 5.83 Å². The number of halogens is 6. The molecule has 0 atom stereocenters. The summed E-state index contributed by atoms with van der Waals surface area (Å²) in [6.45, 7) is 2.39. The maximum Gasteiger partial charge on any atom is 0.204 e. The molecule has 7 heteroatoms. The first-order chi connectivity index (χ1) is 8.20. The molecular weight excluding hydrogens is 262 g/mol. The molecule has 0 radical (unpaired) electrons. The molecule has 0 saturated carbocycles. The Balaban J connectivity index is 3.67. The first-order valence-corrected chi connectivity index (χ1v) is 4.80. The highest BCUT2D eigenvalue weighted by molar-refractivity contribution is 5.67. The van der Waals surface area contributed by atoms with Crippen molar-refractivity contribution < 1.29 is 31.4 Å². The molecule has 1 rings (SSSR count). The molecule has 1 nitrogen and oxygen atoms in total. The maximum absolute atomic E-state index is 13.4. The largest absolute Gasteiger partial charge is 0.504 e. The van der Waals surface area contributed by atoms with Crippen molar-refractivity contribution in [1.82, 2.24) is 0 Å². The van der Waals surface area contributed by atoms with Crippen LogP contribution in [0, 0.1) is 29.2 Å². The van der Waals surface area contributed by atoms with Gasteiger partial charge >= 0.3 is 0 Å². The summed E-state index contributed by atoms with van der Waals surface area (Å²) in [6, 6.07) is 0. The van der Waals surface area contributed by atoms with E-state index in [1.54, 1.807) is 0 Å². The summed E-state index contributed by atoms with van der Waals surface area (Å²) < 4.78 is 78.3. The summed E-state index contributed by atoms with van der Waals surface area (Å²) in [7, 11) is 0. The fourth-order valence-electron chi connectivity index (χ4n) is 1.19. The van der Waals surface area contributed by atoms with Crippen molar-refractivity contribution in [2.24, 2.45) is 5.92 Å². The molecule has 0 spiro atoms. The Morgan fingerprint density at radius 1 is 0.889 bits per heavy atom. The van der Waals surface area contributed by atoms with E-state index in [9.17, 15) is 26.3 Å². The zero-order chi connectivity index (χ0) is 14.2. The molecule has 0 saturated heterocycles. The van der Waals surface area contributed by atoms with Gasteiger partial charge in [0, 0.05) is 5.92 Å². The number of benzene rings is 1. The lowest BCUT2D eigenvalue weighted by molar-refractivity contribution is 0.360. The van der Waals surface area contributed by atoms with E-state index in [1.165, 1.54) is 13.8 Å². The van der Waals surface area contributed by atoms with Crippen LogP contribution in [0.1, 0.15) is 19.4 Å². The van der Waals surface area contributed by atoms with Gasteiger partial charge in [0.2, 0.25) is 11.6 Å². The van der Waals surface area contributed by atoms with Gasteiger partial charge in [-0.05, 0) is 0 Å². The summed E-state index contributed by atoms with van der Waals surface area (Å²) in [5, 5.41) is 9.02. The van der Waals surface area contributed by atoms with Gasteiger partial charge in [-0.1, -0.05) is 13.8 Å². The van der Waals surface area contributed by atoms with E-state index in [2.05, 4.69) is 0 Å². The molecule has 1 aromatic rings. The van der Waals surface area contributed by atoms with Gasteiger partial charge in [-0.15, -0.1) is 0 Å². The van der Waals surface area contributed by atoms with Gasteiger partial charge in [0.25, 0.3) is 0 Å². The lowest BCUT2D eigenvalue weighted by Crippen LogP contribution is -2.03. The van der Waals surface area contributed by atoms with E-state index in [0.29, 0.717) is 0 Å². The molecule has 0 aliphatic carbocycles. The predicted molar refractivity (Wildman–Crippen MR) is 51.9 cm³/mol. The molecule has 18 heavy (non-hydrogen) atoms. The van der Waals surface area contributed by atoms with Crippen molar-refractivity contribution in [2.75, 3.05) is 0 Å². The fraction of sp³-hybridized carbons (Fsp3) is 0.273. The van der Waals surface area contributed by atoms with Crippen LogP contribution in [0.15, 0.2) is 5.83 Å². The van der Waals surface area contributed by atoms with Crippen LogP contribution in [0.4, 0.5) is 26.3 Å². The number of phenols is 1. The SMILES string of the molecule is CC(C)C(F)=C(F)c1c(O)c(F)c(F)c(F)c1F. The number of hydrogen-bond acceptors (Lipinski definition) is 1. The van der Waals surface area contributed by atoms with Crippen LogP contribution in [0.3, 0.4) is 0 Å². The third-order valence-electron chi connectivity index (χ3n) is 2.18. The Hall–Kier alpha value is -1.66. The molecule has 0 unspecified atom stereocenters. The van der Waals surface area contributed by atoms with Gasteiger partial charge < -0.3 is 5.11 Å². The molecular formula is C11H8F6O. The second-order valence-electron chi connectivity index (χ2n) is 3.80. The number of allylic oxidation sites excluding steroid dienone is 1. The minimum atomic E-state index is -2.33. The molecule has 0 aromatic heterocycles. The molecule has 100 valence electrons. The van der Waals surface area contributed by atoms with E-state index in [1.807, 2.05) is 0 Å². The normalized spacial score (nSPS) is 12.9. The first kappa shape index (κ1) is 14.4. The van der Waals surface area contributed by atoms with Crippen molar-refractivity contribution in [3.8, 4) is 5.75 Å². The summed E-state index contributed by atoms with van der Waals surface area (Å²) in [4.78, 5) is 0. The topological polar surface area (TPSA) is 20.2 Å². The Morgan fingerprint density at radius 2 is 1.33 bits per heavy atom. The molecule has 0 amide bonds. The van der Waals surface area contributed by atoms with Gasteiger partial charge in [-0.25, -0.2) is 22.0 Å². The van der Waals surface area contributed by atoms with Gasteiger partial charge in [0.05, 0.1) is 5.56 Å². The Bertz CT molecular complexity index is 492. The van der Waals surface area contributed by atoms with Gasteiger partial charge in [0.1, 0.15) is 5.83 Å². The van der Waals surface area contributed by atoms with Gasteiger partial charge in [-0.2, -0.15) is 4.39 Å². The number of phenolic OH excluding ortho intramolecular Hbond substituents is 1. The molecule has 1 aromatic carbocycles. The van der Waals surface area contributed by atoms with Crippen molar-refractivity contribution in [1.29, 1.82) is 0 Å². The Kier molecular flexibility index (Phi) is 3.93. The van der Waals surface area contributed by atoms with Crippen LogP contribution in [-0.4, -0.2) is 5.11 Å². The second-order valence-corrected chi connectivity index (χ2v) is 3.80. The van der Waals surface area contributed by atoms with E-state index < -0.39 is 52.2 Å². The lowest BCUT2D eigenvalue weighted by Gasteiger charge is -2.09. The first-order valence-electron chi connectivity index (χ1n) is 4.80. The fourth-order valence-corrected chi connectivity index (χ4v) is 1.19. The molecule has 0 bridgehead atoms. The van der Waals surface area contributed by atoms with E-state index in [-0.39, 0.29) is 0 Å². The van der Waals surface area contributed by atoms with E-state index in [0.717, 1.165) is 0 Å². The average molecular weight is 270 g/mol. The monoisotopic (exact) mass is 270 g/mol. The quantitative estimate of drug-likeness (QED) is 0.485. The van der Waals surface area contributed by atoms with Crippen LogP contribution >= 0.6 is 0 Å². The van der Waals surface area contributed by atoms with Crippen molar-refractivity contribution in [2.45, 2.75) is 13.8 Å². The summed E-state index contributed by atoms with van der Waals surface area (Å²) in [5.41, 5.74) is -1.67. The smallest absolute Gasteiger partial charge is 0.204 e. The third-order valence-corrected chi connectivity index (χ3v) is 2.18. The van der Waals surface area contributed by atoms with Crippen LogP contribution in [0.25, 0.3) is 5.83 Å². The van der Waals surface area contributed by atoms with Crippen LogP contribution in [0.2, 0.25) is 0 Å². The zero-order valence-electron chi connectivity index (χ0n) is 9.29. The van der Waals surface area contributed by atoms with E-state index >= 15 is 0 Å². The van der Waals surface area contributed by atoms with Crippen molar-refractivity contribution in [3.05, 3.63) is 34.7 Å². The molecule has 0 aliphatic heterocycles. The summed E-state index contributed by atoms with van der Waals surface area (Å²) in [5.74, 6) is -15.4. The molecule has 1 N–H and O–H groups in total. The summed E-state index contributed by atoms with van der Waals surface area (Å²) >= 11 is 0. The maximum atomic E-state index is 13.4. The highest BCUT2D eigenvalue weighted by Gasteiger charge is 2.29. The van der Waals surface area contributed by atoms with Crippen LogP contribution in [-0.2, 0) is 0 Å². The molecule has 0 aliphatic rings. The number of rotatable bonds is 2. The van der Waals surface area contributed by atoms with Crippen molar-refractivity contribution in [3.63, 3.8) is 0 Å². The van der Waals surface area contributed by atoms with Crippen LogP contribution in [0.5, 0.6) is 5.75 Å². The highest BCUT2D eigenvalue weighted by atomic mass is 19.2.